The lowest BCUT2D eigenvalue weighted by atomic mass is 9.65. The molecular weight excluding hydrogens is 302 g/mol. The van der Waals surface area contributed by atoms with Gasteiger partial charge in [-0.15, -0.1) is 0 Å². The topological polar surface area (TPSA) is 81.4 Å². The van der Waals surface area contributed by atoms with Gasteiger partial charge < -0.3 is 10.5 Å². The predicted molar refractivity (Wildman–Crippen MR) is 74.1 cm³/mol. The molecule has 0 bridgehead atoms. The molecule has 0 aliphatic heterocycles. The van der Waals surface area contributed by atoms with E-state index in [4.69, 9.17) is 10.5 Å². The van der Waals surface area contributed by atoms with Crippen molar-refractivity contribution in [3.8, 4) is 0 Å². The Morgan fingerprint density at radius 3 is 2.29 bits per heavy atom. The molecule has 0 amide bonds. The number of hydrogen-bond donors (Lipinski definition) is 2. The van der Waals surface area contributed by atoms with E-state index >= 15 is 0 Å². The fourth-order valence-electron chi connectivity index (χ4n) is 2.57. The van der Waals surface area contributed by atoms with Gasteiger partial charge in [0.25, 0.3) is 0 Å². The van der Waals surface area contributed by atoms with Crippen LogP contribution in [0.15, 0.2) is 17.0 Å². The summed E-state index contributed by atoms with van der Waals surface area (Å²) in [6, 6.07) is 1.10. The quantitative estimate of drug-likeness (QED) is 0.826. The maximum absolute atomic E-state index is 13.8. The van der Waals surface area contributed by atoms with Crippen molar-refractivity contribution in [3.63, 3.8) is 0 Å². The number of sulfonamides is 1. The van der Waals surface area contributed by atoms with Gasteiger partial charge in [-0.05, 0) is 18.6 Å². The van der Waals surface area contributed by atoms with Crippen LogP contribution in [0.2, 0.25) is 0 Å². The van der Waals surface area contributed by atoms with Gasteiger partial charge in [-0.1, -0.05) is 13.8 Å². The highest BCUT2D eigenvalue weighted by atomic mass is 32.2. The molecule has 21 heavy (non-hydrogen) atoms. The van der Waals surface area contributed by atoms with E-state index in [0.29, 0.717) is 6.42 Å². The number of rotatable bonds is 4. The van der Waals surface area contributed by atoms with Crippen LogP contribution < -0.4 is 10.5 Å². The third-order valence-electron chi connectivity index (χ3n) is 4.05. The SMILES string of the molecule is COC1CC(NS(=O)(=O)c2c(F)cc(N)cc2F)C1(C)C. The maximum Gasteiger partial charge on any atom is 0.246 e. The molecule has 0 aromatic heterocycles. The van der Waals surface area contributed by atoms with Crippen LogP contribution in [0, 0.1) is 17.0 Å². The normalized spacial score (nSPS) is 24.6. The van der Waals surface area contributed by atoms with Crippen molar-refractivity contribution in [2.24, 2.45) is 5.41 Å². The minimum Gasteiger partial charge on any atom is -0.399 e. The molecule has 0 radical (unpaired) electrons. The Morgan fingerprint density at radius 1 is 1.33 bits per heavy atom. The van der Waals surface area contributed by atoms with Gasteiger partial charge in [-0.25, -0.2) is 21.9 Å². The molecule has 3 N–H and O–H groups in total. The number of methoxy groups -OCH3 is 1. The molecule has 1 aromatic rings. The first-order chi connectivity index (χ1) is 9.59. The Balaban J connectivity index is 2.29. The van der Waals surface area contributed by atoms with Crippen LogP contribution in [-0.4, -0.2) is 27.7 Å². The Morgan fingerprint density at radius 2 is 1.86 bits per heavy atom. The number of benzene rings is 1. The highest BCUT2D eigenvalue weighted by molar-refractivity contribution is 7.89. The van der Waals surface area contributed by atoms with Gasteiger partial charge in [0, 0.05) is 24.3 Å². The van der Waals surface area contributed by atoms with Crippen molar-refractivity contribution >= 4 is 15.7 Å². The van der Waals surface area contributed by atoms with E-state index in [1.807, 2.05) is 13.8 Å². The first kappa shape index (κ1) is 16.1. The van der Waals surface area contributed by atoms with E-state index in [-0.39, 0.29) is 11.8 Å². The second-order valence-electron chi connectivity index (χ2n) is 5.77. The van der Waals surface area contributed by atoms with Gasteiger partial charge in [0.1, 0.15) is 11.6 Å². The monoisotopic (exact) mass is 320 g/mol. The van der Waals surface area contributed by atoms with Crippen LogP contribution in [0.25, 0.3) is 0 Å². The van der Waals surface area contributed by atoms with Gasteiger partial charge in [0.2, 0.25) is 10.0 Å². The number of hydrogen-bond acceptors (Lipinski definition) is 4. The smallest absolute Gasteiger partial charge is 0.246 e. The number of nitrogen functional groups attached to an aromatic ring is 1. The molecule has 8 heteroatoms. The summed E-state index contributed by atoms with van der Waals surface area (Å²) in [6.45, 7) is 3.65. The van der Waals surface area contributed by atoms with Crippen molar-refractivity contribution < 1.29 is 21.9 Å². The van der Waals surface area contributed by atoms with Crippen LogP contribution in [0.3, 0.4) is 0 Å². The van der Waals surface area contributed by atoms with Crippen molar-refractivity contribution in [1.29, 1.82) is 0 Å². The van der Waals surface area contributed by atoms with E-state index in [9.17, 15) is 17.2 Å². The van der Waals surface area contributed by atoms with Crippen LogP contribution in [0.1, 0.15) is 20.3 Å². The zero-order valence-corrected chi connectivity index (χ0v) is 12.8. The summed E-state index contributed by atoms with van der Waals surface area (Å²) in [7, 11) is -2.77. The predicted octanol–water partition coefficient (Wildman–Crippen LogP) is 1.64. The Hall–Kier alpha value is -1.25. The number of anilines is 1. The zero-order chi connectivity index (χ0) is 16.0. The van der Waals surface area contributed by atoms with Gasteiger partial charge in [-0.3, -0.25) is 0 Å². The molecule has 2 rings (SSSR count). The van der Waals surface area contributed by atoms with Crippen molar-refractivity contribution in [1.82, 2.24) is 4.72 Å². The number of nitrogens with two attached hydrogens (primary N) is 1. The molecule has 1 fully saturated rings. The minimum absolute atomic E-state index is 0.105. The van der Waals surface area contributed by atoms with Crippen molar-refractivity contribution in [3.05, 3.63) is 23.8 Å². The largest absolute Gasteiger partial charge is 0.399 e. The Bertz CT molecular complexity index is 638. The molecule has 1 aromatic carbocycles. The molecule has 1 saturated carbocycles. The molecule has 0 saturated heterocycles. The molecule has 1 aliphatic carbocycles. The first-order valence-electron chi connectivity index (χ1n) is 6.39. The summed E-state index contributed by atoms with van der Waals surface area (Å²) in [5.41, 5.74) is 4.65. The average Bonchev–Trinajstić information content (AvgIpc) is 2.32. The molecule has 2 unspecified atom stereocenters. The molecule has 1 aliphatic rings. The Kier molecular flexibility index (Phi) is 3.98. The zero-order valence-electron chi connectivity index (χ0n) is 12.0. The van der Waals surface area contributed by atoms with Crippen LogP contribution >= 0.6 is 0 Å². The van der Waals surface area contributed by atoms with Gasteiger partial charge in [-0.2, -0.15) is 0 Å². The van der Waals surface area contributed by atoms with Crippen LogP contribution in [-0.2, 0) is 14.8 Å². The molecule has 118 valence electrons. The van der Waals surface area contributed by atoms with E-state index in [0.717, 1.165) is 12.1 Å². The molecule has 2 atom stereocenters. The fourth-order valence-corrected chi connectivity index (χ4v) is 4.09. The van der Waals surface area contributed by atoms with E-state index in [2.05, 4.69) is 4.72 Å². The van der Waals surface area contributed by atoms with E-state index in [1.54, 1.807) is 0 Å². The number of halogens is 2. The fraction of sp³-hybridized carbons (Fsp3) is 0.538. The average molecular weight is 320 g/mol. The molecule has 5 nitrogen and oxygen atoms in total. The second kappa shape index (κ2) is 5.19. The number of nitrogens with one attached hydrogen (secondary N) is 1. The van der Waals surface area contributed by atoms with Crippen molar-refractivity contribution in [2.45, 2.75) is 37.3 Å². The molecular formula is C13H18F2N2O3S. The van der Waals surface area contributed by atoms with Crippen molar-refractivity contribution in [2.75, 3.05) is 12.8 Å². The summed E-state index contributed by atoms with van der Waals surface area (Å²) < 4.78 is 59.5. The first-order valence-corrected chi connectivity index (χ1v) is 7.87. The highest BCUT2D eigenvalue weighted by Crippen LogP contribution is 2.43. The summed E-state index contributed by atoms with van der Waals surface area (Å²) in [4.78, 5) is -1.01. The van der Waals surface area contributed by atoms with Crippen LogP contribution in [0.5, 0.6) is 0 Å². The third-order valence-corrected chi connectivity index (χ3v) is 5.57. The minimum atomic E-state index is -4.31. The molecule has 0 spiro atoms. The summed E-state index contributed by atoms with van der Waals surface area (Å²) in [6.07, 6.45) is 0.340. The summed E-state index contributed by atoms with van der Waals surface area (Å²) >= 11 is 0. The Labute approximate surface area is 122 Å². The lowest BCUT2D eigenvalue weighted by molar-refractivity contribution is -0.0908. The summed E-state index contributed by atoms with van der Waals surface area (Å²) in [5, 5.41) is 0. The second-order valence-corrected chi connectivity index (χ2v) is 7.42. The lowest BCUT2D eigenvalue weighted by Gasteiger charge is -2.50. The van der Waals surface area contributed by atoms with E-state index in [1.165, 1.54) is 7.11 Å². The van der Waals surface area contributed by atoms with Crippen LogP contribution in [0.4, 0.5) is 14.5 Å². The standard InChI is InChI=1S/C13H18F2N2O3S/c1-13(2)10(6-11(13)20-3)17-21(18,19)12-8(14)4-7(16)5-9(12)15/h4-5,10-11,17H,6,16H2,1-3H3. The lowest BCUT2D eigenvalue weighted by Crippen LogP contribution is -2.61. The van der Waals surface area contributed by atoms with Gasteiger partial charge in [0.05, 0.1) is 6.10 Å². The third kappa shape index (κ3) is 2.75. The van der Waals surface area contributed by atoms with E-state index < -0.39 is 38.0 Å². The maximum atomic E-state index is 13.8. The van der Waals surface area contributed by atoms with Gasteiger partial charge in [0.15, 0.2) is 4.90 Å². The number of ether oxygens (including phenoxy) is 1. The van der Waals surface area contributed by atoms with Gasteiger partial charge >= 0.3 is 0 Å². The molecule has 0 heterocycles. The highest BCUT2D eigenvalue weighted by Gasteiger charge is 2.50. The summed E-state index contributed by atoms with van der Waals surface area (Å²) in [5.74, 6) is -2.42.